The van der Waals surface area contributed by atoms with Gasteiger partial charge in [0, 0.05) is 50.5 Å². The molecule has 2 aromatic heterocycles. The predicted molar refractivity (Wildman–Crippen MR) is 98.5 cm³/mol. The third-order valence-corrected chi connectivity index (χ3v) is 5.91. The zero-order valence-corrected chi connectivity index (χ0v) is 14.5. The highest BCUT2D eigenvalue weighted by Crippen LogP contribution is 2.44. The first-order valence-corrected chi connectivity index (χ1v) is 8.99. The van der Waals surface area contributed by atoms with E-state index in [4.69, 9.17) is 0 Å². The van der Waals surface area contributed by atoms with Crippen molar-refractivity contribution in [2.24, 2.45) is 11.3 Å². The monoisotopic (exact) mass is 333 g/mol. The van der Waals surface area contributed by atoms with Gasteiger partial charge in [-0.05, 0) is 11.5 Å². The number of fused-ring (bicyclic) bond motifs is 2. The van der Waals surface area contributed by atoms with Crippen molar-refractivity contribution < 1.29 is 0 Å². The number of imidazole rings is 1. The second kappa shape index (κ2) is 5.56. The third kappa shape index (κ3) is 2.50. The number of anilines is 1. The first-order chi connectivity index (χ1) is 12.2. The first-order valence-electron chi connectivity index (χ1n) is 8.99. The Morgan fingerprint density at radius 3 is 2.88 bits per heavy atom. The molecule has 0 radical (unpaired) electrons. The van der Waals surface area contributed by atoms with E-state index in [-0.39, 0.29) is 0 Å². The van der Waals surface area contributed by atoms with Crippen LogP contribution >= 0.6 is 0 Å². The van der Waals surface area contributed by atoms with Crippen molar-refractivity contribution in [3.8, 4) is 0 Å². The van der Waals surface area contributed by atoms with E-state index < -0.39 is 0 Å². The molecule has 0 bridgehead atoms. The summed E-state index contributed by atoms with van der Waals surface area (Å²) in [5.41, 5.74) is 2.85. The lowest BCUT2D eigenvalue weighted by atomic mass is 9.83. The molecule has 0 aliphatic carbocycles. The van der Waals surface area contributed by atoms with Crippen molar-refractivity contribution in [1.29, 1.82) is 0 Å². The van der Waals surface area contributed by atoms with Gasteiger partial charge in [-0.1, -0.05) is 37.3 Å². The second-order valence-corrected chi connectivity index (χ2v) is 7.82. The quantitative estimate of drug-likeness (QED) is 0.738. The molecule has 0 N–H and O–H groups in total. The Morgan fingerprint density at radius 2 is 2.04 bits per heavy atom. The fourth-order valence-electron chi connectivity index (χ4n) is 4.67. The van der Waals surface area contributed by atoms with E-state index in [1.54, 1.807) is 0 Å². The molecule has 0 saturated carbocycles. The van der Waals surface area contributed by atoms with Crippen molar-refractivity contribution in [3.63, 3.8) is 0 Å². The molecule has 2 atom stereocenters. The summed E-state index contributed by atoms with van der Waals surface area (Å²) < 4.78 is 2.06. The molecule has 2 aliphatic heterocycles. The molecular weight excluding hydrogens is 310 g/mol. The molecule has 0 unspecified atom stereocenters. The molecule has 0 amide bonds. The van der Waals surface area contributed by atoms with E-state index in [1.807, 2.05) is 24.9 Å². The van der Waals surface area contributed by atoms with E-state index in [0.29, 0.717) is 11.3 Å². The lowest BCUT2D eigenvalue weighted by Gasteiger charge is -2.26. The third-order valence-electron chi connectivity index (χ3n) is 5.91. The van der Waals surface area contributed by atoms with Gasteiger partial charge in [0.15, 0.2) is 5.82 Å². The minimum absolute atomic E-state index is 0.337. The maximum absolute atomic E-state index is 4.66. The Hall–Kier alpha value is -2.40. The topological polar surface area (TPSA) is 36.7 Å². The van der Waals surface area contributed by atoms with Crippen molar-refractivity contribution in [2.45, 2.75) is 13.5 Å². The Balaban J connectivity index is 1.34. The molecule has 2 aliphatic rings. The number of rotatable bonds is 3. The molecule has 2 fully saturated rings. The van der Waals surface area contributed by atoms with Crippen LogP contribution in [0.1, 0.15) is 12.5 Å². The number of nitrogens with zero attached hydrogens (tertiary/aromatic N) is 5. The molecule has 5 nitrogen and oxygen atoms in total. The minimum Gasteiger partial charge on any atom is -0.354 e. The smallest absolute Gasteiger partial charge is 0.154 e. The SMILES string of the molecule is C[C@]12CN(Cc3ccccc3)C[C@H]1CN(c1nccn3cncc13)C2. The van der Waals surface area contributed by atoms with Crippen LogP contribution in [0.25, 0.3) is 5.52 Å². The van der Waals surface area contributed by atoms with Crippen molar-refractivity contribution in [1.82, 2.24) is 19.3 Å². The summed E-state index contributed by atoms with van der Waals surface area (Å²) in [6.45, 7) is 7.98. The highest BCUT2D eigenvalue weighted by molar-refractivity contribution is 5.68. The molecule has 0 spiro atoms. The number of benzene rings is 1. The van der Waals surface area contributed by atoms with Crippen LogP contribution in [-0.4, -0.2) is 45.4 Å². The highest BCUT2D eigenvalue weighted by Gasteiger charge is 2.49. The zero-order chi connectivity index (χ0) is 16.9. The molecule has 128 valence electrons. The van der Waals surface area contributed by atoms with Crippen LogP contribution < -0.4 is 4.90 Å². The summed E-state index contributed by atoms with van der Waals surface area (Å²) >= 11 is 0. The largest absolute Gasteiger partial charge is 0.354 e. The van der Waals surface area contributed by atoms with Crippen LogP contribution in [-0.2, 0) is 6.54 Å². The standard InChI is InChI=1S/C20H23N5/c1-20-13-23(10-16-5-3-2-4-6-16)11-17(20)12-25(14-20)19-18-9-21-15-24(18)8-7-22-19/h2-9,15,17H,10-14H2,1H3/t17-,20+/m0/s1. The van der Waals surface area contributed by atoms with E-state index in [0.717, 1.165) is 37.5 Å². The van der Waals surface area contributed by atoms with Gasteiger partial charge >= 0.3 is 0 Å². The fraction of sp³-hybridized carbons (Fsp3) is 0.400. The molecule has 25 heavy (non-hydrogen) atoms. The average molecular weight is 333 g/mol. The van der Waals surface area contributed by atoms with Crippen molar-refractivity contribution in [3.05, 3.63) is 60.8 Å². The minimum atomic E-state index is 0.337. The van der Waals surface area contributed by atoms with Crippen LogP contribution in [0.15, 0.2) is 55.2 Å². The van der Waals surface area contributed by atoms with Gasteiger partial charge in [-0.3, -0.25) is 4.90 Å². The first kappa shape index (κ1) is 14.9. The van der Waals surface area contributed by atoms with Gasteiger partial charge in [0.2, 0.25) is 0 Å². The van der Waals surface area contributed by atoms with Gasteiger partial charge in [0.25, 0.3) is 0 Å². The molecule has 2 saturated heterocycles. The fourth-order valence-corrected chi connectivity index (χ4v) is 4.67. The van der Waals surface area contributed by atoms with Gasteiger partial charge in [-0.15, -0.1) is 0 Å². The number of likely N-dealkylation sites (tertiary alicyclic amines) is 1. The van der Waals surface area contributed by atoms with Crippen LogP contribution in [0.2, 0.25) is 0 Å². The number of hydrogen-bond acceptors (Lipinski definition) is 4. The Labute approximate surface area is 147 Å². The second-order valence-electron chi connectivity index (χ2n) is 7.82. The molecule has 3 aromatic rings. The van der Waals surface area contributed by atoms with Gasteiger partial charge in [0.05, 0.1) is 12.5 Å². The molecule has 5 rings (SSSR count). The van der Waals surface area contributed by atoms with Gasteiger partial charge in [-0.2, -0.15) is 0 Å². The zero-order valence-electron chi connectivity index (χ0n) is 14.5. The van der Waals surface area contributed by atoms with E-state index in [2.05, 4.69) is 61.4 Å². The Bertz CT molecular complexity index is 889. The summed E-state index contributed by atoms with van der Waals surface area (Å²) in [6.07, 6.45) is 7.61. The summed E-state index contributed by atoms with van der Waals surface area (Å²) in [4.78, 5) is 14.0. The van der Waals surface area contributed by atoms with E-state index in [1.165, 1.54) is 12.1 Å². The summed E-state index contributed by atoms with van der Waals surface area (Å²) in [6, 6.07) is 10.8. The predicted octanol–water partition coefficient (Wildman–Crippen LogP) is 2.69. The Morgan fingerprint density at radius 1 is 1.16 bits per heavy atom. The number of aromatic nitrogens is 3. The number of hydrogen-bond donors (Lipinski definition) is 0. The van der Waals surface area contributed by atoms with Gasteiger partial charge in [0.1, 0.15) is 5.52 Å². The molecule has 5 heteroatoms. The van der Waals surface area contributed by atoms with E-state index >= 15 is 0 Å². The van der Waals surface area contributed by atoms with Crippen LogP contribution in [0, 0.1) is 11.3 Å². The van der Waals surface area contributed by atoms with Crippen LogP contribution in [0.5, 0.6) is 0 Å². The summed E-state index contributed by atoms with van der Waals surface area (Å²) in [5, 5.41) is 0. The van der Waals surface area contributed by atoms with E-state index in [9.17, 15) is 0 Å². The average Bonchev–Trinajstić information content (AvgIpc) is 3.27. The highest BCUT2D eigenvalue weighted by atomic mass is 15.3. The van der Waals surface area contributed by atoms with Crippen LogP contribution in [0.3, 0.4) is 0 Å². The van der Waals surface area contributed by atoms with Crippen LogP contribution in [0.4, 0.5) is 5.82 Å². The lowest BCUT2D eigenvalue weighted by molar-refractivity contribution is 0.276. The van der Waals surface area contributed by atoms with Crippen molar-refractivity contribution in [2.75, 3.05) is 31.1 Å². The lowest BCUT2D eigenvalue weighted by Crippen LogP contribution is -2.32. The molecule has 4 heterocycles. The van der Waals surface area contributed by atoms with Gasteiger partial charge < -0.3 is 9.30 Å². The summed E-state index contributed by atoms with van der Waals surface area (Å²) in [5.74, 6) is 1.77. The van der Waals surface area contributed by atoms with Gasteiger partial charge in [-0.25, -0.2) is 9.97 Å². The van der Waals surface area contributed by atoms with Crippen molar-refractivity contribution >= 4 is 11.3 Å². The maximum Gasteiger partial charge on any atom is 0.154 e. The molecular formula is C20H23N5. The Kier molecular flexibility index (Phi) is 3.31. The maximum atomic E-state index is 4.66. The normalized spacial score (nSPS) is 26.4. The molecule has 1 aromatic carbocycles. The summed E-state index contributed by atoms with van der Waals surface area (Å²) in [7, 11) is 0.